The summed E-state index contributed by atoms with van der Waals surface area (Å²) in [4.78, 5) is 0. The highest BCUT2D eigenvalue weighted by molar-refractivity contribution is 6.22. The molecular formula is C9H15Cl. The molecule has 0 aliphatic heterocycles. The first-order chi connectivity index (χ1) is 4.57. The van der Waals surface area contributed by atoms with Crippen LogP contribution in [-0.2, 0) is 0 Å². The molecule has 0 saturated carbocycles. The van der Waals surface area contributed by atoms with E-state index < -0.39 is 0 Å². The first kappa shape index (κ1) is 9.77. The fraction of sp³-hybridized carbons (Fsp3) is 0.556. The molecule has 1 unspecified atom stereocenters. The van der Waals surface area contributed by atoms with E-state index in [2.05, 4.69) is 20.4 Å². The summed E-state index contributed by atoms with van der Waals surface area (Å²) in [5.74, 6) is 0.497. The average molecular weight is 159 g/mol. The van der Waals surface area contributed by atoms with Crippen molar-refractivity contribution in [1.29, 1.82) is 0 Å². The van der Waals surface area contributed by atoms with Gasteiger partial charge in [-0.1, -0.05) is 38.2 Å². The molecule has 0 rings (SSSR count). The van der Waals surface area contributed by atoms with Crippen molar-refractivity contribution in [3.8, 4) is 0 Å². The fourth-order valence-corrected chi connectivity index (χ4v) is 0.710. The van der Waals surface area contributed by atoms with Crippen LogP contribution < -0.4 is 0 Å². The number of hydrogen-bond donors (Lipinski definition) is 0. The fourth-order valence-electron chi connectivity index (χ4n) is 0.512. The number of rotatable bonds is 3. The zero-order chi connectivity index (χ0) is 8.15. The molecule has 0 amide bonds. The molecule has 0 heterocycles. The van der Waals surface area contributed by atoms with Gasteiger partial charge in [0.1, 0.15) is 0 Å². The first-order valence-corrected chi connectivity index (χ1v) is 3.96. The van der Waals surface area contributed by atoms with E-state index in [1.807, 2.05) is 19.1 Å². The van der Waals surface area contributed by atoms with E-state index in [1.165, 1.54) is 0 Å². The Morgan fingerprint density at radius 1 is 1.50 bits per heavy atom. The van der Waals surface area contributed by atoms with Gasteiger partial charge in [-0.25, -0.2) is 0 Å². The monoisotopic (exact) mass is 158 g/mol. The first-order valence-electron chi connectivity index (χ1n) is 3.53. The summed E-state index contributed by atoms with van der Waals surface area (Å²) in [5, 5.41) is 0.137. The summed E-state index contributed by atoms with van der Waals surface area (Å²) in [6, 6.07) is 0. The quantitative estimate of drug-likeness (QED) is 0.437. The lowest BCUT2D eigenvalue weighted by molar-refractivity contribution is 0.669. The van der Waals surface area contributed by atoms with Crippen LogP contribution in [-0.4, -0.2) is 5.38 Å². The second kappa shape index (κ2) is 4.56. The predicted molar refractivity (Wildman–Crippen MR) is 48.4 cm³/mol. The summed E-state index contributed by atoms with van der Waals surface area (Å²) >= 11 is 5.97. The standard InChI is InChI=1S/C9H15Cl/c1-5-8(4)6-9(10)7(2)3/h5-7,9H,1H2,2-4H3. The van der Waals surface area contributed by atoms with Gasteiger partial charge in [0.2, 0.25) is 0 Å². The Balaban J connectivity index is 3.98. The summed E-state index contributed by atoms with van der Waals surface area (Å²) < 4.78 is 0. The summed E-state index contributed by atoms with van der Waals surface area (Å²) in [7, 11) is 0. The SMILES string of the molecule is C=CC(C)=CC(Cl)C(C)C. The van der Waals surface area contributed by atoms with Gasteiger partial charge in [0.15, 0.2) is 0 Å². The molecule has 0 aromatic heterocycles. The Labute approximate surface area is 68.6 Å². The largest absolute Gasteiger partial charge is 0.118 e. The molecule has 0 fully saturated rings. The van der Waals surface area contributed by atoms with E-state index >= 15 is 0 Å². The number of hydrogen-bond acceptors (Lipinski definition) is 0. The molecule has 0 aromatic rings. The molecule has 0 saturated heterocycles. The normalized spacial score (nSPS) is 15.5. The van der Waals surface area contributed by atoms with E-state index in [9.17, 15) is 0 Å². The topological polar surface area (TPSA) is 0 Å². The molecular weight excluding hydrogens is 144 g/mol. The molecule has 1 atom stereocenters. The minimum absolute atomic E-state index is 0.137. The van der Waals surface area contributed by atoms with E-state index in [4.69, 9.17) is 11.6 Å². The van der Waals surface area contributed by atoms with Crippen molar-refractivity contribution in [1.82, 2.24) is 0 Å². The Morgan fingerprint density at radius 2 is 2.00 bits per heavy atom. The van der Waals surface area contributed by atoms with Gasteiger partial charge in [-0.3, -0.25) is 0 Å². The predicted octanol–water partition coefficient (Wildman–Crippen LogP) is 3.38. The van der Waals surface area contributed by atoms with Gasteiger partial charge in [-0.2, -0.15) is 0 Å². The molecule has 1 heteroatoms. The van der Waals surface area contributed by atoms with Crippen LogP contribution in [0.2, 0.25) is 0 Å². The summed E-state index contributed by atoms with van der Waals surface area (Å²) in [6.07, 6.45) is 3.84. The molecule has 0 spiro atoms. The lowest BCUT2D eigenvalue weighted by atomic mass is 10.1. The van der Waals surface area contributed by atoms with Crippen molar-refractivity contribution in [3.63, 3.8) is 0 Å². The number of allylic oxidation sites excluding steroid dienone is 3. The van der Waals surface area contributed by atoms with Crippen molar-refractivity contribution >= 4 is 11.6 Å². The molecule has 0 aliphatic carbocycles. The maximum atomic E-state index is 5.97. The minimum Gasteiger partial charge on any atom is -0.118 e. The summed E-state index contributed by atoms with van der Waals surface area (Å²) in [6.45, 7) is 9.85. The molecule has 0 aromatic carbocycles. The number of alkyl halides is 1. The van der Waals surface area contributed by atoms with Gasteiger partial charge >= 0.3 is 0 Å². The van der Waals surface area contributed by atoms with Gasteiger partial charge in [-0.05, 0) is 12.8 Å². The van der Waals surface area contributed by atoms with Crippen molar-refractivity contribution in [2.24, 2.45) is 5.92 Å². The van der Waals surface area contributed by atoms with Gasteiger partial charge < -0.3 is 0 Å². The molecule has 0 N–H and O–H groups in total. The lowest BCUT2D eigenvalue weighted by Crippen LogP contribution is -2.03. The molecule has 58 valence electrons. The Bertz CT molecular complexity index is 134. The van der Waals surface area contributed by atoms with Crippen molar-refractivity contribution in [3.05, 3.63) is 24.3 Å². The van der Waals surface area contributed by atoms with Gasteiger partial charge in [0, 0.05) is 0 Å². The summed E-state index contributed by atoms with van der Waals surface area (Å²) in [5.41, 5.74) is 1.15. The second-order valence-corrected chi connectivity index (χ2v) is 3.31. The molecule has 10 heavy (non-hydrogen) atoms. The zero-order valence-electron chi connectivity index (χ0n) is 6.89. The van der Waals surface area contributed by atoms with Crippen LogP contribution in [0.1, 0.15) is 20.8 Å². The van der Waals surface area contributed by atoms with Crippen LogP contribution in [0.4, 0.5) is 0 Å². The minimum atomic E-state index is 0.137. The van der Waals surface area contributed by atoms with Gasteiger partial charge in [-0.15, -0.1) is 11.6 Å². The molecule has 0 bridgehead atoms. The highest BCUT2D eigenvalue weighted by Gasteiger charge is 2.04. The molecule has 0 nitrogen and oxygen atoms in total. The van der Waals surface area contributed by atoms with Gasteiger partial charge in [0.25, 0.3) is 0 Å². The third-order valence-corrected chi connectivity index (χ3v) is 2.01. The van der Waals surface area contributed by atoms with Crippen LogP contribution in [0.3, 0.4) is 0 Å². The molecule has 0 aliphatic rings. The van der Waals surface area contributed by atoms with Crippen LogP contribution in [0.5, 0.6) is 0 Å². The van der Waals surface area contributed by atoms with Crippen molar-refractivity contribution in [2.75, 3.05) is 0 Å². The smallest absolute Gasteiger partial charge is 0.0544 e. The van der Waals surface area contributed by atoms with Crippen molar-refractivity contribution < 1.29 is 0 Å². The highest BCUT2D eigenvalue weighted by Crippen LogP contribution is 2.12. The molecule has 0 radical (unpaired) electrons. The Morgan fingerprint density at radius 3 is 2.30 bits per heavy atom. The van der Waals surface area contributed by atoms with Crippen LogP contribution in [0.25, 0.3) is 0 Å². The average Bonchev–Trinajstić information content (AvgIpc) is 1.87. The lowest BCUT2D eigenvalue weighted by Gasteiger charge is -2.07. The Hall–Kier alpha value is -0.230. The maximum Gasteiger partial charge on any atom is 0.0544 e. The van der Waals surface area contributed by atoms with Crippen molar-refractivity contribution in [2.45, 2.75) is 26.1 Å². The highest BCUT2D eigenvalue weighted by atomic mass is 35.5. The van der Waals surface area contributed by atoms with Crippen LogP contribution in [0.15, 0.2) is 24.3 Å². The number of halogens is 1. The Kier molecular flexibility index (Phi) is 4.46. The van der Waals surface area contributed by atoms with E-state index in [1.54, 1.807) is 0 Å². The third kappa shape index (κ3) is 3.73. The van der Waals surface area contributed by atoms with Gasteiger partial charge in [0.05, 0.1) is 5.38 Å². The van der Waals surface area contributed by atoms with Crippen LogP contribution >= 0.6 is 11.6 Å². The van der Waals surface area contributed by atoms with E-state index in [-0.39, 0.29) is 5.38 Å². The maximum absolute atomic E-state index is 5.97. The van der Waals surface area contributed by atoms with Crippen LogP contribution in [0, 0.1) is 5.92 Å². The second-order valence-electron chi connectivity index (χ2n) is 2.80. The van der Waals surface area contributed by atoms with E-state index in [0.717, 1.165) is 5.57 Å². The van der Waals surface area contributed by atoms with E-state index in [0.29, 0.717) is 5.92 Å². The zero-order valence-corrected chi connectivity index (χ0v) is 7.65. The third-order valence-electron chi connectivity index (χ3n) is 1.38.